The molecule has 0 bridgehead atoms. The van der Waals surface area contributed by atoms with Gasteiger partial charge in [0, 0.05) is 0 Å². The van der Waals surface area contributed by atoms with Crippen molar-refractivity contribution in [2.45, 2.75) is 19.0 Å². The average Bonchev–Trinajstić information content (AvgIpc) is 1.26. The SMILES string of the molecule is [CH]12[CH]3[CH]4[CH]1[Ge]234. The molecule has 4 rings (SSSR count). The van der Waals surface area contributed by atoms with Crippen LogP contribution in [-0.4, -0.2) is 13.3 Å². The van der Waals surface area contributed by atoms with Crippen molar-refractivity contribution in [3.05, 3.63) is 0 Å². The Bertz CT molecular complexity index is 106. The van der Waals surface area contributed by atoms with Crippen LogP contribution in [0.1, 0.15) is 0 Å². The first kappa shape index (κ1) is 1.57. The molecule has 0 saturated carbocycles. The van der Waals surface area contributed by atoms with Gasteiger partial charge >= 0.3 is 32.3 Å². The predicted molar refractivity (Wildman–Crippen MR) is 20.8 cm³/mol. The molecule has 0 aromatic carbocycles. The molecule has 4 heterocycles. The van der Waals surface area contributed by atoms with E-state index in [-0.39, 0.29) is 13.3 Å². The summed E-state index contributed by atoms with van der Waals surface area (Å²) >= 11 is -0.333. The normalized spacial score (nSPS) is 125. The molecular formula is C4H4Ge. The Morgan fingerprint density at radius 2 is 1.00 bits per heavy atom. The van der Waals surface area contributed by atoms with E-state index >= 15 is 0 Å². The molecule has 5 heavy (non-hydrogen) atoms. The van der Waals surface area contributed by atoms with E-state index in [4.69, 9.17) is 0 Å². The summed E-state index contributed by atoms with van der Waals surface area (Å²) in [7, 11) is 0. The van der Waals surface area contributed by atoms with Gasteiger partial charge in [-0.25, -0.2) is 0 Å². The zero-order chi connectivity index (χ0) is 2.81. The molecule has 0 aliphatic carbocycles. The summed E-state index contributed by atoms with van der Waals surface area (Å²) in [6, 6.07) is 0. The van der Waals surface area contributed by atoms with Gasteiger partial charge in [0.1, 0.15) is 0 Å². The fourth-order valence-corrected chi connectivity index (χ4v) is 21.7. The van der Waals surface area contributed by atoms with Crippen molar-refractivity contribution in [3.8, 4) is 0 Å². The Balaban J connectivity index is 2.71. The molecule has 4 saturated heterocycles. The van der Waals surface area contributed by atoms with Crippen molar-refractivity contribution < 1.29 is 0 Å². The van der Waals surface area contributed by atoms with Crippen molar-refractivity contribution in [1.29, 1.82) is 0 Å². The van der Waals surface area contributed by atoms with Gasteiger partial charge < -0.3 is 0 Å². The fourth-order valence-electron chi connectivity index (χ4n) is 2.66. The van der Waals surface area contributed by atoms with Gasteiger partial charge in [-0.05, 0) is 0 Å². The molecule has 4 fully saturated rings. The number of hydrogen-bond acceptors (Lipinski definition) is 0. The van der Waals surface area contributed by atoms with E-state index < -0.39 is 0 Å². The van der Waals surface area contributed by atoms with Crippen LogP contribution in [0.4, 0.5) is 0 Å². The summed E-state index contributed by atoms with van der Waals surface area (Å²) in [6.07, 6.45) is 0. The quantitative estimate of drug-likeness (QED) is 0.423. The van der Waals surface area contributed by atoms with Crippen LogP contribution >= 0.6 is 0 Å². The Morgan fingerprint density at radius 1 is 0.800 bits per heavy atom. The van der Waals surface area contributed by atoms with Gasteiger partial charge in [-0.15, -0.1) is 0 Å². The van der Waals surface area contributed by atoms with Crippen LogP contribution in [0.25, 0.3) is 0 Å². The molecule has 0 nitrogen and oxygen atoms in total. The van der Waals surface area contributed by atoms with Gasteiger partial charge in [0.05, 0.1) is 0 Å². The second kappa shape index (κ2) is 0.166. The van der Waals surface area contributed by atoms with Crippen molar-refractivity contribution in [3.63, 3.8) is 0 Å². The Hall–Kier alpha value is 0.543. The zero-order valence-electron chi connectivity index (χ0n) is 2.81. The molecule has 1 spiro atoms. The molecule has 0 amide bonds. The second-order valence-corrected chi connectivity index (χ2v) is 12.9. The summed E-state index contributed by atoms with van der Waals surface area (Å²) < 4.78 is 6.17. The molecule has 0 aromatic rings. The van der Waals surface area contributed by atoms with Crippen molar-refractivity contribution in [1.82, 2.24) is 0 Å². The molecule has 0 atom stereocenters. The van der Waals surface area contributed by atoms with E-state index in [2.05, 4.69) is 0 Å². The van der Waals surface area contributed by atoms with Crippen LogP contribution in [0, 0.1) is 0 Å². The maximum absolute atomic E-state index is 1.54. The molecule has 0 radical (unpaired) electrons. The van der Waals surface area contributed by atoms with E-state index in [1.807, 2.05) is 0 Å². The minimum atomic E-state index is -0.333. The predicted octanol–water partition coefficient (Wildman–Crippen LogP) is 0.970. The fraction of sp³-hybridized carbons (Fsp3) is 1.00. The van der Waals surface area contributed by atoms with Crippen LogP contribution < -0.4 is 0 Å². The van der Waals surface area contributed by atoms with Gasteiger partial charge in [-0.2, -0.15) is 0 Å². The third-order valence-corrected chi connectivity index (χ3v) is 15.9. The van der Waals surface area contributed by atoms with E-state index in [1.54, 1.807) is 19.0 Å². The number of hydrogen-bond donors (Lipinski definition) is 0. The zero-order valence-corrected chi connectivity index (χ0v) is 4.91. The summed E-state index contributed by atoms with van der Waals surface area (Å²) in [4.78, 5) is 0. The summed E-state index contributed by atoms with van der Waals surface area (Å²) in [5.74, 6) is 0. The van der Waals surface area contributed by atoms with E-state index in [0.29, 0.717) is 0 Å². The molecule has 0 N–H and O–H groups in total. The first-order valence-corrected chi connectivity index (χ1v) is 7.33. The van der Waals surface area contributed by atoms with Crippen LogP contribution in [0.3, 0.4) is 0 Å². The third-order valence-electron chi connectivity index (χ3n) is 3.42. The van der Waals surface area contributed by atoms with Crippen molar-refractivity contribution in [2.24, 2.45) is 0 Å². The molecule has 4 aliphatic rings. The Labute approximate surface area is 32.9 Å². The van der Waals surface area contributed by atoms with Crippen LogP contribution in [0.5, 0.6) is 0 Å². The Kier molecular flexibility index (Phi) is 0.0520. The number of rotatable bonds is 0. The van der Waals surface area contributed by atoms with Gasteiger partial charge in [0.2, 0.25) is 0 Å². The van der Waals surface area contributed by atoms with E-state index in [1.165, 1.54) is 0 Å². The molecule has 4 aliphatic heterocycles. The van der Waals surface area contributed by atoms with Gasteiger partial charge in [-0.3, -0.25) is 0 Å². The van der Waals surface area contributed by atoms with Gasteiger partial charge in [0.15, 0.2) is 0 Å². The van der Waals surface area contributed by atoms with Crippen molar-refractivity contribution >= 4 is 13.3 Å². The van der Waals surface area contributed by atoms with Gasteiger partial charge in [-0.1, -0.05) is 0 Å². The monoisotopic (exact) mass is 126 g/mol. The van der Waals surface area contributed by atoms with Crippen LogP contribution in [0.15, 0.2) is 0 Å². The maximum atomic E-state index is 1.54. The summed E-state index contributed by atoms with van der Waals surface area (Å²) in [5, 5.41) is 0. The topological polar surface area (TPSA) is 0 Å². The molecule has 0 unspecified atom stereocenters. The summed E-state index contributed by atoms with van der Waals surface area (Å²) in [6.45, 7) is 0. The molecule has 0 aromatic heterocycles. The Morgan fingerprint density at radius 3 is 1.00 bits per heavy atom. The van der Waals surface area contributed by atoms with E-state index in [0.717, 1.165) is 0 Å². The standard InChI is InChI=1S/C4H4Ge/c1-2-4-3(1)5(1,2)4/h1-4H. The molecule has 1 heteroatoms. The number of fused-ring (bicyclic) bond motifs is 4. The summed E-state index contributed by atoms with van der Waals surface area (Å²) in [5.41, 5.74) is 0. The third kappa shape index (κ3) is 0.0277. The minimum absolute atomic E-state index is 0.333. The molecular weight excluding hydrogens is 121 g/mol. The van der Waals surface area contributed by atoms with Crippen molar-refractivity contribution in [2.75, 3.05) is 0 Å². The van der Waals surface area contributed by atoms with E-state index in [9.17, 15) is 0 Å². The second-order valence-electron chi connectivity index (χ2n) is 3.10. The average molecular weight is 125 g/mol. The first-order chi connectivity index (χ1) is 2.49. The van der Waals surface area contributed by atoms with Crippen LogP contribution in [0.2, 0.25) is 19.0 Å². The first-order valence-electron chi connectivity index (χ1n) is 2.49. The molecule has 24 valence electrons. The van der Waals surface area contributed by atoms with Gasteiger partial charge in [0.25, 0.3) is 0 Å². The van der Waals surface area contributed by atoms with Crippen LogP contribution in [-0.2, 0) is 0 Å².